The van der Waals surface area contributed by atoms with Crippen LogP contribution < -0.4 is 5.32 Å². The maximum atomic E-state index is 11.7. The summed E-state index contributed by atoms with van der Waals surface area (Å²) < 4.78 is 7.08. The van der Waals surface area contributed by atoms with E-state index in [9.17, 15) is 4.79 Å². The van der Waals surface area contributed by atoms with Crippen molar-refractivity contribution in [2.75, 3.05) is 19.8 Å². The van der Waals surface area contributed by atoms with Gasteiger partial charge >= 0.3 is 0 Å². The van der Waals surface area contributed by atoms with Crippen molar-refractivity contribution >= 4 is 17.5 Å². The number of aryl methyl sites for hydroxylation is 1. The predicted molar refractivity (Wildman–Crippen MR) is 73.3 cm³/mol. The molecule has 1 aromatic heterocycles. The molecule has 1 N–H and O–H groups in total. The van der Waals surface area contributed by atoms with Crippen LogP contribution in [-0.4, -0.2) is 35.4 Å². The number of carbonyl (C=O) groups is 1. The van der Waals surface area contributed by atoms with Crippen LogP contribution in [0.25, 0.3) is 0 Å². The van der Waals surface area contributed by atoms with Gasteiger partial charge in [0, 0.05) is 26.2 Å². The summed E-state index contributed by atoms with van der Waals surface area (Å²) >= 11 is 6.07. The molecule has 1 aromatic rings. The lowest BCUT2D eigenvalue weighted by atomic mass is 10.1. The summed E-state index contributed by atoms with van der Waals surface area (Å²) in [6.07, 6.45) is 1.54. The molecule has 6 heteroatoms. The van der Waals surface area contributed by atoms with Gasteiger partial charge < -0.3 is 10.1 Å². The van der Waals surface area contributed by atoms with Gasteiger partial charge in [-0.1, -0.05) is 11.6 Å². The Bertz CT molecular complexity index is 453. The van der Waals surface area contributed by atoms with Gasteiger partial charge in [0.25, 0.3) is 0 Å². The van der Waals surface area contributed by atoms with Crippen LogP contribution in [0, 0.1) is 19.8 Å². The summed E-state index contributed by atoms with van der Waals surface area (Å²) in [5.74, 6) is 0.464. The van der Waals surface area contributed by atoms with Gasteiger partial charge in [0.05, 0.1) is 23.0 Å². The Labute approximate surface area is 118 Å². The number of ether oxygens (including phenoxy) is 1. The summed E-state index contributed by atoms with van der Waals surface area (Å²) in [5.41, 5.74) is 1.77. The van der Waals surface area contributed by atoms with Crippen molar-refractivity contribution in [2.45, 2.75) is 33.2 Å². The van der Waals surface area contributed by atoms with Crippen LogP contribution in [0.3, 0.4) is 0 Å². The van der Waals surface area contributed by atoms with Crippen LogP contribution in [0.15, 0.2) is 0 Å². The first-order valence-electron chi connectivity index (χ1n) is 6.62. The van der Waals surface area contributed by atoms with Gasteiger partial charge in [0.2, 0.25) is 5.91 Å². The molecule has 19 heavy (non-hydrogen) atoms. The molecule has 0 unspecified atom stereocenters. The Morgan fingerprint density at radius 3 is 2.95 bits per heavy atom. The molecule has 1 atom stereocenters. The van der Waals surface area contributed by atoms with E-state index in [0.717, 1.165) is 24.4 Å². The molecule has 5 nitrogen and oxygen atoms in total. The fourth-order valence-corrected chi connectivity index (χ4v) is 2.41. The first-order chi connectivity index (χ1) is 9.08. The van der Waals surface area contributed by atoms with E-state index in [0.29, 0.717) is 37.1 Å². The molecule has 0 aromatic carbocycles. The van der Waals surface area contributed by atoms with Crippen LogP contribution in [0.2, 0.25) is 5.02 Å². The van der Waals surface area contributed by atoms with Crippen LogP contribution in [0.1, 0.15) is 24.2 Å². The summed E-state index contributed by atoms with van der Waals surface area (Å²) in [5, 5.41) is 7.94. The lowest BCUT2D eigenvalue weighted by Gasteiger charge is -2.09. The highest BCUT2D eigenvalue weighted by Crippen LogP contribution is 2.18. The van der Waals surface area contributed by atoms with E-state index < -0.39 is 0 Å². The third kappa shape index (κ3) is 3.70. The molecule has 1 amide bonds. The molecule has 0 radical (unpaired) electrons. The highest BCUT2D eigenvalue weighted by molar-refractivity contribution is 6.31. The van der Waals surface area contributed by atoms with Crippen LogP contribution in [-0.2, 0) is 16.1 Å². The van der Waals surface area contributed by atoms with E-state index in [4.69, 9.17) is 16.3 Å². The van der Waals surface area contributed by atoms with E-state index in [1.165, 1.54) is 0 Å². The minimum Gasteiger partial charge on any atom is -0.381 e. The molecule has 1 aliphatic rings. The van der Waals surface area contributed by atoms with Crippen molar-refractivity contribution in [3.63, 3.8) is 0 Å². The molecular formula is C13H20ClN3O2. The molecule has 1 aliphatic heterocycles. The van der Waals surface area contributed by atoms with Crippen LogP contribution >= 0.6 is 11.6 Å². The maximum Gasteiger partial charge on any atom is 0.220 e. The van der Waals surface area contributed by atoms with E-state index in [1.54, 1.807) is 0 Å². The molecule has 0 spiro atoms. The average Bonchev–Trinajstić information content (AvgIpc) is 2.95. The molecule has 0 aliphatic carbocycles. The fourth-order valence-electron chi connectivity index (χ4n) is 2.27. The van der Waals surface area contributed by atoms with E-state index in [2.05, 4.69) is 10.4 Å². The minimum absolute atomic E-state index is 0.0862. The number of nitrogens with zero attached hydrogens (tertiary/aromatic N) is 2. The number of carbonyl (C=O) groups excluding carboxylic acids is 1. The summed E-state index contributed by atoms with van der Waals surface area (Å²) in [6.45, 7) is 6.52. The molecule has 1 saturated heterocycles. The van der Waals surface area contributed by atoms with E-state index in [-0.39, 0.29) is 5.91 Å². The topological polar surface area (TPSA) is 56.2 Å². The number of rotatable bonds is 5. The number of nitrogens with one attached hydrogen (secondary N) is 1. The van der Waals surface area contributed by atoms with Crippen LogP contribution in [0.4, 0.5) is 0 Å². The van der Waals surface area contributed by atoms with Gasteiger partial charge in [-0.3, -0.25) is 9.48 Å². The molecular weight excluding hydrogens is 266 g/mol. The second kappa shape index (κ2) is 6.39. The highest BCUT2D eigenvalue weighted by Gasteiger charge is 2.18. The number of hydrogen-bond donors (Lipinski definition) is 1. The fraction of sp³-hybridized carbons (Fsp3) is 0.692. The summed E-state index contributed by atoms with van der Waals surface area (Å²) in [4.78, 5) is 11.7. The normalized spacial score (nSPS) is 18.8. The van der Waals surface area contributed by atoms with Crippen molar-refractivity contribution in [2.24, 2.45) is 5.92 Å². The lowest BCUT2D eigenvalue weighted by molar-refractivity contribution is -0.122. The van der Waals surface area contributed by atoms with Gasteiger partial charge in [-0.25, -0.2) is 0 Å². The van der Waals surface area contributed by atoms with Crippen LogP contribution in [0.5, 0.6) is 0 Å². The third-order valence-electron chi connectivity index (χ3n) is 3.44. The summed E-state index contributed by atoms with van der Waals surface area (Å²) in [6, 6.07) is 0. The smallest absolute Gasteiger partial charge is 0.220 e. The largest absolute Gasteiger partial charge is 0.381 e. The quantitative estimate of drug-likeness (QED) is 0.896. The first kappa shape index (κ1) is 14.3. The lowest BCUT2D eigenvalue weighted by Crippen LogP contribution is -2.29. The Hall–Kier alpha value is -1.07. The van der Waals surface area contributed by atoms with Crippen molar-refractivity contribution in [3.8, 4) is 0 Å². The first-order valence-corrected chi connectivity index (χ1v) is 6.99. The van der Waals surface area contributed by atoms with E-state index in [1.807, 2.05) is 18.5 Å². The number of aromatic nitrogens is 2. The van der Waals surface area contributed by atoms with Gasteiger partial charge in [-0.2, -0.15) is 5.10 Å². The van der Waals surface area contributed by atoms with Gasteiger partial charge in [0.1, 0.15) is 0 Å². The zero-order valence-electron chi connectivity index (χ0n) is 11.4. The standard InChI is InChI=1S/C13H20ClN3O2/c1-9-13(14)10(2)17(16-9)5-4-15-12(18)7-11-3-6-19-8-11/h11H,3-8H2,1-2H3,(H,15,18)/t11-/m1/s1. The highest BCUT2D eigenvalue weighted by atomic mass is 35.5. The Morgan fingerprint density at radius 2 is 2.37 bits per heavy atom. The minimum atomic E-state index is 0.0862. The number of amides is 1. The van der Waals surface area contributed by atoms with Crippen molar-refractivity contribution < 1.29 is 9.53 Å². The van der Waals surface area contributed by atoms with Gasteiger partial charge in [-0.05, 0) is 26.2 Å². The van der Waals surface area contributed by atoms with Crippen molar-refractivity contribution in [1.82, 2.24) is 15.1 Å². The zero-order valence-corrected chi connectivity index (χ0v) is 12.2. The average molecular weight is 286 g/mol. The van der Waals surface area contributed by atoms with E-state index >= 15 is 0 Å². The second-order valence-electron chi connectivity index (χ2n) is 4.99. The molecule has 0 saturated carbocycles. The zero-order chi connectivity index (χ0) is 13.8. The Morgan fingerprint density at radius 1 is 1.58 bits per heavy atom. The summed E-state index contributed by atoms with van der Waals surface area (Å²) in [7, 11) is 0. The number of hydrogen-bond acceptors (Lipinski definition) is 3. The molecule has 106 valence electrons. The molecule has 0 bridgehead atoms. The van der Waals surface area contributed by atoms with Crippen molar-refractivity contribution in [3.05, 3.63) is 16.4 Å². The van der Waals surface area contributed by atoms with Gasteiger partial charge in [0.15, 0.2) is 0 Å². The second-order valence-corrected chi connectivity index (χ2v) is 5.37. The Balaban J connectivity index is 1.73. The predicted octanol–water partition coefficient (Wildman–Crippen LogP) is 1.70. The van der Waals surface area contributed by atoms with Crippen molar-refractivity contribution in [1.29, 1.82) is 0 Å². The maximum absolute atomic E-state index is 11.7. The monoisotopic (exact) mass is 285 g/mol. The van der Waals surface area contributed by atoms with Gasteiger partial charge in [-0.15, -0.1) is 0 Å². The number of halogens is 1. The molecule has 2 rings (SSSR count). The molecule has 2 heterocycles. The molecule has 1 fully saturated rings. The third-order valence-corrected chi connectivity index (χ3v) is 3.98. The SMILES string of the molecule is Cc1nn(CCNC(=O)C[C@H]2CCOC2)c(C)c1Cl. The Kier molecular flexibility index (Phi) is 4.82.